The van der Waals surface area contributed by atoms with Gasteiger partial charge in [0.25, 0.3) is 5.91 Å². The van der Waals surface area contributed by atoms with E-state index in [-0.39, 0.29) is 17.8 Å². The number of para-hydroxylation sites is 1. The standard InChI is InChI=1S/C23H25FN4O/c1-4-18(25-13-15(2)3)22-26-21-20(28(22)19-12-8-7-11-17(19)24)14-27(23(21)29)16-9-5-6-10-16/h4,7-8,11-13,16H,1,5-6,9-10,14H2,2-3H3. The fourth-order valence-electron chi connectivity index (χ4n) is 4.12. The summed E-state index contributed by atoms with van der Waals surface area (Å²) in [7, 11) is 0. The van der Waals surface area contributed by atoms with Crippen LogP contribution in [0.15, 0.2) is 53.7 Å². The highest BCUT2D eigenvalue weighted by Gasteiger charge is 2.39. The predicted octanol–water partition coefficient (Wildman–Crippen LogP) is 4.81. The Kier molecular flexibility index (Phi) is 5.18. The third kappa shape index (κ3) is 3.43. The van der Waals surface area contributed by atoms with E-state index in [0.717, 1.165) is 31.3 Å². The van der Waals surface area contributed by atoms with Crippen molar-refractivity contribution >= 4 is 11.6 Å². The molecule has 2 aliphatic rings. The van der Waals surface area contributed by atoms with E-state index in [1.807, 2.05) is 18.7 Å². The topological polar surface area (TPSA) is 50.5 Å². The Balaban J connectivity index is 1.88. The minimum absolute atomic E-state index is 0.0751. The average Bonchev–Trinajstić information content (AvgIpc) is 3.40. The minimum Gasteiger partial charge on any atom is -0.328 e. The number of benzene rings is 1. The van der Waals surface area contributed by atoms with Crippen LogP contribution in [0.5, 0.6) is 0 Å². The minimum atomic E-state index is -0.369. The molecule has 4 rings (SSSR count). The maximum absolute atomic E-state index is 14.8. The number of hydrogen-bond acceptors (Lipinski definition) is 3. The zero-order valence-electron chi connectivity index (χ0n) is 16.9. The van der Waals surface area contributed by atoms with E-state index >= 15 is 0 Å². The molecular weight excluding hydrogens is 367 g/mol. The van der Waals surface area contributed by atoms with Crippen LogP contribution in [0.2, 0.25) is 0 Å². The molecule has 150 valence electrons. The lowest BCUT2D eigenvalue weighted by molar-refractivity contribution is 0.0700. The Hall–Kier alpha value is -3.02. The molecule has 29 heavy (non-hydrogen) atoms. The van der Waals surface area contributed by atoms with E-state index in [2.05, 4.69) is 16.6 Å². The number of allylic oxidation sites excluding steroid dienone is 2. The summed E-state index contributed by atoms with van der Waals surface area (Å²) in [4.78, 5) is 24.1. The van der Waals surface area contributed by atoms with Crippen molar-refractivity contribution in [2.45, 2.75) is 52.1 Å². The molecule has 0 N–H and O–H groups in total. The smallest absolute Gasteiger partial charge is 0.275 e. The van der Waals surface area contributed by atoms with Crippen molar-refractivity contribution in [1.29, 1.82) is 0 Å². The average molecular weight is 392 g/mol. The van der Waals surface area contributed by atoms with Crippen LogP contribution in [0.4, 0.5) is 4.39 Å². The zero-order valence-corrected chi connectivity index (χ0v) is 16.9. The van der Waals surface area contributed by atoms with Crippen LogP contribution in [0, 0.1) is 5.82 Å². The normalized spacial score (nSPS) is 17.0. The number of rotatable bonds is 5. The molecule has 6 heteroatoms. The van der Waals surface area contributed by atoms with Gasteiger partial charge in [-0.1, -0.05) is 37.1 Å². The fourth-order valence-corrected chi connectivity index (χ4v) is 4.12. The number of aliphatic imine (C=N–C) groups is 1. The third-order valence-corrected chi connectivity index (χ3v) is 5.50. The van der Waals surface area contributed by atoms with Crippen LogP contribution in [0.25, 0.3) is 5.69 Å². The maximum Gasteiger partial charge on any atom is 0.275 e. The molecule has 0 unspecified atom stereocenters. The van der Waals surface area contributed by atoms with E-state index in [1.165, 1.54) is 6.07 Å². The van der Waals surface area contributed by atoms with E-state index < -0.39 is 0 Å². The summed E-state index contributed by atoms with van der Waals surface area (Å²) in [5.41, 5.74) is 2.99. The summed E-state index contributed by atoms with van der Waals surface area (Å²) in [5, 5.41) is 0. The summed E-state index contributed by atoms with van der Waals surface area (Å²) in [6.07, 6.45) is 7.62. The molecule has 1 amide bonds. The van der Waals surface area contributed by atoms with E-state index in [9.17, 15) is 9.18 Å². The first-order valence-electron chi connectivity index (χ1n) is 10.0. The van der Waals surface area contributed by atoms with Crippen LogP contribution in [0.3, 0.4) is 0 Å². The van der Waals surface area contributed by atoms with E-state index in [0.29, 0.717) is 35.2 Å². The quantitative estimate of drug-likeness (QED) is 0.686. The monoisotopic (exact) mass is 392 g/mol. The van der Waals surface area contributed by atoms with Gasteiger partial charge in [-0.3, -0.25) is 14.4 Å². The molecule has 0 spiro atoms. The van der Waals surface area contributed by atoms with Crippen LogP contribution in [-0.4, -0.2) is 32.1 Å². The molecule has 2 heterocycles. The Bertz CT molecular complexity index is 1020. The third-order valence-electron chi connectivity index (χ3n) is 5.50. The Morgan fingerprint density at radius 1 is 1.28 bits per heavy atom. The second kappa shape index (κ2) is 7.78. The van der Waals surface area contributed by atoms with Crippen LogP contribution in [-0.2, 0) is 6.54 Å². The lowest BCUT2D eigenvalue weighted by Gasteiger charge is -2.24. The van der Waals surface area contributed by atoms with Gasteiger partial charge in [-0.2, -0.15) is 0 Å². The molecule has 1 saturated carbocycles. The summed E-state index contributed by atoms with van der Waals surface area (Å²) >= 11 is 0. The largest absolute Gasteiger partial charge is 0.328 e. The van der Waals surface area contributed by atoms with Gasteiger partial charge < -0.3 is 4.90 Å². The van der Waals surface area contributed by atoms with Gasteiger partial charge in [0, 0.05) is 12.2 Å². The van der Waals surface area contributed by atoms with Crippen LogP contribution in [0.1, 0.15) is 61.5 Å². The molecule has 1 aromatic carbocycles. The molecule has 1 aliphatic carbocycles. The molecule has 0 saturated heterocycles. The number of halogens is 1. The lowest BCUT2D eigenvalue weighted by Crippen LogP contribution is -2.34. The molecular formula is C23H25FN4O. The van der Waals surface area contributed by atoms with Crippen molar-refractivity contribution in [3.8, 4) is 5.69 Å². The van der Waals surface area contributed by atoms with Gasteiger partial charge in [0.05, 0.1) is 17.9 Å². The van der Waals surface area contributed by atoms with Crippen molar-refractivity contribution in [2.24, 2.45) is 4.99 Å². The number of fused-ring (bicyclic) bond motifs is 1. The zero-order chi connectivity index (χ0) is 20.5. The van der Waals surface area contributed by atoms with Gasteiger partial charge in [0.2, 0.25) is 0 Å². The molecule has 1 aromatic heterocycles. The number of aromatic nitrogens is 2. The van der Waals surface area contributed by atoms with Crippen molar-refractivity contribution in [3.63, 3.8) is 0 Å². The number of hydrogen-bond donors (Lipinski definition) is 0. The van der Waals surface area contributed by atoms with Crippen LogP contribution < -0.4 is 0 Å². The summed E-state index contributed by atoms with van der Waals surface area (Å²) < 4.78 is 16.5. The molecule has 0 radical (unpaired) electrons. The lowest BCUT2D eigenvalue weighted by atomic mass is 10.2. The molecule has 1 aliphatic heterocycles. The fraction of sp³-hybridized carbons (Fsp3) is 0.348. The summed E-state index contributed by atoms with van der Waals surface area (Å²) in [6, 6.07) is 6.79. The number of carbonyl (C=O) groups is 1. The van der Waals surface area contributed by atoms with E-state index in [4.69, 9.17) is 0 Å². The summed E-state index contributed by atoms with van der Waals surface area (Å²) in [5.74, 6) is -0.00719. The first-order valence-corrected chi connectivity index (χ1v) is 10.0. The van der Waals surface area contributed by atoms with Crippen molar-refractivity contribution in [1.82, 2.24) is 14.5 Å². The van der Waals surface area contributed by atoms with Gasteiger partial charge in [0.15, 0.2) is 11.5 Å². The molecule has 0 bridgehead atoms. The van der Waals surface area contributed by atoms with Crippen molar-refractivity contribution in [2.75, 3.05) is 0 Å². The number of amides is 1. The Labute approximate surface area is 170 Å². The highest BCUT2D eigenvalue weighted by molar-refractivity contribution is 6.08. The van der Waals surface area contributed by atoms with Gasteiger partial charge in [-0.15, -0.1) is 0 Å². The van der Waals surface area contributed by atoms with Crippen molar-refractivity contribution in [3.05, 3.63) is 71.7 Å². The van der Waals surface area contributed by atoms with Gasteiger partial charge >= 0.3 is 0 Å². The Morgan fingerprint density at radius 2 is 2.00 bits per heavy atom. The summed E-state index contributed by atoms with van der Waals surface area (Å²) in [6.45, 7) is 8.17. The molecule has 1 fully saturated rings. The SMILES string of the molecule is C=CC(=NC=C(C)C)c1nc2c(n1-c1ccccc1F)CN(C1CCCC1)C2=O. The second-order valence-corrected chi connectivity index (χ2v) is 7.81. The van der Waals surface area contributed by atoms with E-state index in [1.54, 1.807) is 35.0 Å². The predicted molar refractivity (Wildman–Crippen MR) is 112 cm³/mol. The van der Waals surface area contributed by atoms with Crippen molar-refractivity contribution < 1.29 is 9.18 Å². The number of nitrogens with zero attached hydrogens (tertiary/aromatic N) is 4. The maximum atomic E-state index is 14.8. The highest BCUT2D eigenvalue weighted by Crippen LogP contribution is 2.34. The second-order valence-electron chi connectivity index (χ2n) is 7.81. The van der Waals surface area contributed by atoms with Crippen LogP contribution >= 0.6 is 0 Å². The number of imidazole rings is 1. The first kappa shape index (κ1) is 19.3. The molecule has 2 aromatic rings. The van der Waals surface area contributed by atoms with Gasteiger partial charge in [-0.25, -0.2) is 9.37 Å². The first-order chi connectivity index (χ1) is 14.0. The van der Waals surface area contributed by atoms with Gasteiger partial charge in [-0.05, 0) is 44.9 Å². The molecule has 0 atom stereocenters. The number of carbonyl (C=O) groups excluding carboxylic acids is 1. The Morgan fingerprint density at radius 3 is 2.66 bits per heavy atom. The molecule has 5 nitrogen and oxygen atoms in total. The van der Waals surface area contributed by atoms with Gasteiger partial charge in [0.1, 0.15) is 11.5 Å². The highest BCUT2D eigenvalue weighted by atomic mass is 19.1.